The number of non-ortho nitro benzene ring substituents is 1. The van der Waals surface area contributed by atoms with Crippen molar-refractivity contribution < 1.29 is 28.7 Å². The van der Waals surface area contributed by atoms with Gasteiger partial charge in [0.05, 0.1) is 22.1 Å². The highest BCUT2D eigenvalue weighted by atomic mass is 35.5. The minimum Gasteiger partial charge on any atom is -0.486 e. The molecule has 9 nitrogen and oxygen atoms in total. The Morgan fingerprint density at radius 3 is 2.83 bits per heavy atom. The number of nitro benzene ring substituents is 1. The molecule has 2 aromatic carbocycles. The van der Waals surface area contributed by atoms with E-state index >= 15 is 0 Å². The zero-order valence-electron chi connectivity index (χ0n) is 15.6. The number of hydrogen-bond donors (Lipinski definition) is 1. The minimum atomic E-state index is -0.709. The van der Waals surface area contributed by atoms with Gasteiger partial charge in [0.2, 0.25) is 0 Å². The van der Waals surface area contributed by atoms with E-state index in [1.165, 1.54) is 18.2 Å². The maximum absolute atomic E-state index is 12.6. The molecule has 29 heavy (non-hydrogen) atoms. The van der Waals surface area contributed by atoms with Gasteiger partial charge in [0.15, 0.2) is 11.5 Å². The highest BCUT2D eigenvalue weighted by Crippen LogP contribution is 2.38. The minimum absolute atomic E-state index is 0.0546. The van der Waals surface area contributed by atoms with E-state index in [-0.39, 0.29) is 17.9 Å². The van der Waals surface area contributed by atoms with Crippen LogP contribution in [0.4, 0.5) is 11.4 Å². The molecule has 1 aliphatic heterocycles. The van der Waals surface area contributed by atoms with Gasteiger partial charge in [0.25, 0.3) is 5.69 Å². The van der Waals surface area contributed by atoms with Crippen LogP contribution in [0.25, 0.3) is 0 Å². The summed E-state index contributed by atoms with van der Waals surface area (Å²) in [6, 6.07) is 7.25. The summed E-state index contributed by atoms with van der Waals surface area (Å²) in [6.07, 6.45) is 0. The third kappa shape index (κ3) is 5.07. The molecule has 0 saturated carbocycles. The van der Waals surface area contributed by atoms with Crippen LogP contribution >= 0.6 is 11.6 Å². The Hall–Kier alpha value is -3.04. The van der Waals surface area contributed by atoms with Crippen LogP contribution in [0, 0.1) is 10.1 Å². The van der Waals surface area contributed by atoms with Gasteiger partial charge < -0.3 is 24.3 Å². The fraction of sp³-hybridized carbons (Fsp3) is 0.316. The fourth-order valence-electron chi connectivity index (χ4n) is 2.73. The molecule has 0 spiro atoms. The first-order chi connectivity index (χ1) is 14.0. The van der Waals surface area contributed by atoms with E-state index in [0.29, 0.717) is 54.1 Å². The number of fused-ring (bicyclic) bond motifs is 1. The topological polar surface area (TPSA) is 109 Å². The number of halogens is 1. The molecular formula is C19H19ClN2O7. The van der Waals surface area contributed by atoms with Gasteiger partial charge in [-0.05, 0) is 23.8 Å². The first-order valence-electron chi connectivity index (χ1n) is 8.76. The molecule has 154 valence electrons. The summed E-state index contributed by atoms with van der Waals surface area (Å²) in [4.78, 5) is 23.1. The van der Waals surface area contributed by atoms with Crippen molar-refractivity contribution in [2.24, 2.45) is 0 Å². The average molecular weight is 423 g/mol. The number of anilines is 1. The number of benzene rings is 2. The lowest BCUT2D eigenvalue weighted by Gasteiger charge is -2.20. The zero-order chi connectivity index (χ0) is 20.8. The van der Waals surface area contributed by atoms with Crippen molar-refractivity contribution in [3.63, 3.8) is 0 Å². The lowest BCUT2D eigenvalue weighted by atomic mass is 10.1. The Balaban J connectivity index is 1.76. The second-order valence-corrected chi connectivity index (χ2v) is 6.49. The quantitative estimate of drug-likeness (QED) is 0.298. The summed E-state index contributed by atoms with van der Waals surface area (Å²) in [5.74, 6) is 0.225. The van der Waals surface area contributed by atoms with Gasteiger partial charge in [-0.25, -0.2) is 4.79 Å². The van der Waals surface area contributed by atoms with Crippen molar-refractivity contribution in [2.45, 2.75) is 6.61 Å². The van der Waals surface area contributed by atoms with Crippen molar-refractivity contribution in [1.29, 1.82) is 0 Å². The van der Waals surface area contributed by atoms with E-state index < -0.39 is 10.9 Å². The lowest BCUT2D eigenvalue weighted by Crippen LogP contribution is -2.16. The number of hydrogen-bond acceptors (Lipinski definition) is 8. The van der Waals surface area contributed by atoms with Crippen molar-refractivity contribution >= 4 is 28.9 Å². The number of methoxy groups -OCH3 is 1. The van der Waals surface area contributed by atoms with E-state index in [9.17, 15) is 14.9 Å². The number of carbonyl (C=O) groups is 1. The fourth-order valence-corrected chi connectivity index (χ4v) is 3.02. The summed E-state index contributed by atoms with van der Waals surface area (Å²) < 4.78 is 21.3. The molecule has 2 aromatic rings. The third-order valence-electron chi connectivity index (χ3n) is 4.08. The molecule has 0 aromatic heterocycles. The molecule has 0 amide bonds. The molecule has 0 atom stereocenters. The number of nitro groups is 1. The Morgan fingerprint density at radius 2 is 2.07 bits per heavy atom. The van der Waals surface area contributed by atoms with E-state index in [0.717, 1.165) is 0 Å². The molecule has 1 aliphatic rings. The van der Waals surface area contributed by atoms with Gasteiger partial charge in [-0.15, -0.1) is 0 Å². The standard InChI is InChI=1S/C19H19ClN2O7/c1-26-5-4-21-16-3-2-13(22(24)25)10-14(16)19(23)29-11-12-8-15(20)18-17(9-12)27-6-7-28-18/h2-3,8-10,21H,4-7,11H2,1H3. The first-order valence-corrected chi connectivity index (χ1v) is 9.13. The molecule has 0 bridgehead atoms. The van der Waals surface area contributed by atoms with Crippen LogP contribution in [0.1, 0.15) is 15.9 Å². The lowest BCUT2D eigenvalue weighted by molar-refractivity contribution is -0.384. The molecule has 0 unspecified atom stereocenters. The Kier molecular flexibility index (Phi) is 6.73. The second kappa shape index (κ2) is 9.44. The Labute approximate surface area is 171 Å². The van der Waals surface area contributed by atoms with E-state index in [1.807, 2.05) is 0 Å². The first kappa shape index (κ1) is 20.7. The predicted octanol–water partition coefficient (Wildman–Crippen LogP) is 3.43. The Bertz CT molecular complexity index is 920. The normalized spacial score (nSPS) is 12.3. The highest BCUT2D eigenvalue weighted by Gasteiger charge is 2.20. The average Bonchev–Trinajstić information content (AvgIpc) is 2.72. The van der Waals surface area contributed by atoms with Crippen LogP contribution < -0.4 is 14.8 Å². The maximum atomic E-state index is 12.6. The van der Waals surface area contributed by atoms with E-state index in [2.05, 4.69) is 5.32 Å². The molecule has 0 aliphatic carbocycles. The summed E-state index contributed by atoms with van der Waals surface area (Å²) >= 11 is 6.19. The van der Waals surface area contributed by atoms with Gasteiger partial charge in [0, 0.05) is 31.5 Å². The number of ether oxygens (including phenoxy) is 4. The molecule has 1 N–H and O–H groups in total. The smallest absolute Gasteiger partial charge is 0.340 e. The van der Waals surface area contributed by atoms with Crippen LogP contribution in [0.2, 0.25) is 5.02 Å². The second-order valence-electron chi connectivity index (χ2n) is 6.08. The number of carbonyl (C=O) groups excluding carboxylic acids is 1. The molecular weight excluding hydrogens is 404 g/mol. The van der Waals surface area contributed by atoms with E-state index in [1.54, 1.807) is 19.2 Å². The number of nitrogens with one attached hydrogen (secondary N) is 1. The SMILES string of the molecule is COCCNc1ccc([N+](=O)[O-])cc1C(=O)OCc1cc(Cl)c2c(c1)OCCO2. The Morgan fingerprint density at radius 1 is 1.28 bits per heavy atom. The van der Waals surface area contributed by atoms with E-state index in [4.69, 9.17) is 30.5 Å². The van der Waals surface area contributed by atoms with Crippen molar-refractivity contribution in [3.8, 4) is 11.5 Å². The highest BCUT2D eigenvalue weighted by molar-refractivity contribution is 6.32. The third-order valence-corrected chi connectivity index (χ3v) is 4.36. The van der Waals surface area contributed by atoms with Crippen molar-refractivity contribution in [2.75, 3.05) is 38.8 Å². The number of nitrogens with zero attached hydrogens (tertiary/aromatic N) is 1. The van der Waals surface area contributed by atoms with Crippen molar-refractivity contribution in [1.82, 2.24) is 0 Å². The molecule has 10 heteroatoms. The molecule has 0 radical (unpaired) electrons. The van der Waals surface area contributed by atoms with Gasteiger partial charge in [0.1, 0.15) is 19.8 Å². The van der Waals surface area contributed by atoms with Gasteiger partial charge in [-0.3, -0.25) is 10.1 Å². The summed E-state index contributed by atoms with van der Waals surface area (Å²) in [5, 5.41) is 14.4. The summed E-state index contributed by atoms with van der Waals surface area (Å²) in [7, 11) is 1.55. The zero-order valence-corrected chi connectivity index (χ0v) is 16.4. The predicted molar refractivity (Wildman–Crippen MR) is 105 cm³/mol. The monoisotopic (exact) mass is 422 g/mol. The van der Waals surface area contributed by atoms with Gasteiger partial charge >= 0.3 is 5.97 Å². The van der Waals surface area contributed by atoms with Crippen LogP contribution in [-0.4, -0.2) is 44.4 Å². The van der Waals surface area contributed by atoms with Gasteiger partial charge in [-0.2, -0.15) is 0 Å². The molecule has 0 fully saturated rings. The molecule has 3 rings (SSSR count). The van der Waals surface area contributed by atoms with Crippen LogP contribution in [0.15, 0.2) is 30.3 Å². The van der Waals surface area contributed by atoms with Crippen LogP contribution in [0.3, 0.4) is 0 Å². The van der Waals surface area contributed by atoms with Crippen LogP contribution in [-0.2, 0) is 16.1 Å². The molecule has 0 saturated heterocycles. The van der Waals surface area contributed by atoms with Crippen LogP contribution in [0.5, 0.6) is 11.5 Å². The summed E-state index contributed by atoms with van der Waals surface area (Å²) in [5.41, 5.74) is 0.861. The molecule has 1 heterocycles. The van der Waals surface area contributed by atoms with Crippen molar-refractivity contribution in [3.05, 3.63) is 56.6 Å². The van der Waals surface area contributed by atoms with Gasteiger partial charge in [-0.1, -0.05) is 11.6 Å². The number of rotatable bonds is 8. The number of esters is 1. The maximum Gasteiger partial charge on any atom is 0.340 e. The largest absolute Gasteiger partial charge is 0.486 e. The summed E-state index contributed by atoms with van der Waals surface area (Å²) in [6.45, 7) is 1.55.